The molecule has 1 rings (SSSR count). The third-order valence-electron chi connectivity index (χ3n) is 5.56. The molecule has 2 heteroatoms. The zero-order chi connectivity index (χ0) is 15.6. The lowest BCUT2D eigenvalue weighted by molar-refractivity contribution is -0.141. The van der Waals surface area contributed by atoms with Crippen molar-refractivity contribution in [2.24, 2.45) is 5.41 Å². The van der Waals surface area contributed by atoms with E-state index in [1.807, 2.05) is 0 Å². The van der Waals surface area contributed by atoms with Crippen LogP contribution in [0.4, 0.5) is 0 Å². The van der Waals surface area contributed by atoms with Crippen molar-refractivity contribution >= 4 is 0 Å². The highest BCUT2D eigenvalue weighted by Gasteiger charge is 2.52. The van der Waals surface area contributed by atoms with Crippen molar-refractivity contribution in [3.8, 4) is 0 Å². The highest BCUT2D eigenvalue weighted by molar-refractivity contribution is 5.06. The Bertz CT molecular complexity index is 250. The van der Waals surface area contributed by atoms with E-state index in [0.717, 1.165) is 13.2 Å². The maximum Gasteiger partial charge on any atom is 0.0661 e. The molecule has 2 nitrogen and oxygen atoms in total. The first-order chi connectivity index (χ1) is 10.2. The van der Waals surface area contributed by atoms with E-state index in [1.54, 1.807) is 0 Å². The van der Waals surface area contributed by atoms with Crippen LogP contribution in [0.1, 0.15) is 91.9 Å². The topological polar surface area (TPSA) is 21.3 Å². The standard InChI is InChI=1S/C19H39NO/c1-5-9-10-11-12-13-15-21-18-16-17(20-14-6-2)19(18,7-3)8-4/h17-18,20H,5-16H2,1-4H3. The number of ether oxygens (including phenoxy) is 1. The molecule has 1 aliphatic carbocycles. The average molecular weight is 298 g/mol. The van der Waals surface area contributed by atoms with Gasteiger partial charge in [0.05, 0.1) is 6.10 Å². The molecular weight excluding hydrogens is 258 g/mol. The molecule has 1 fully saturated rings. The molecule has 1 saturated carbocycles. The van der Waals surface area contributed by atoms with Crippen LogP contribution in [0.25, 0.3) is 0 Å². The van der Waals surface area contributed by atoms with Gasteiger partial charge in [-0.1, -0.05) is 59.8 Å². The number of hydrogen-bond acceptors (Lipinski definition) is 2. The molecule has 0 amide bonds. The molecule has 0 saturated heterocycles. The van der Waals surface area contributed by atoms with Crippen LogP contribution in [0.2, 0.25) is 0 Å². The third-order valence-corrected chi connectivity index (χ3v) is 5.56. The minimum Gasteiger partial charge on any atom is -0.378 e. The van der Waals surface area contributed by atoms with Gasteiger partial charge >= 0.3 is 0 Å². The molecule has 0 bridgehead atoms. The number of nitrogens with one attached hydrogen (secondary N) is 1. The summed E-state index contributed by atoms with van der Waals surface area (Å²) in [4.78, 5) is 0. The molecule has 21 heavy (non-hydrogen) atoms. The van der Waals surface area contributed by atoms with E-state index in [0.29, 0.717) is 17.6 Å². The fraction of sp³-hybridized carbons (Fsp3) is 1.00. The highest BCUT2D eigenvalue weighted by Crippen LogP contribution is 2.48. The second kappa shape index (κ2) is 10.6. The van der Waals surface area contributed by atoms with Gasteiger partial charge in [0.15, 0.2) is 0 Å². The molecule has 0 spiro atoms. The van der Waals surface area contributed by atoms with Crippen molar-refractivity contribution in [2.45, 2.75) is 104 Å². The van der Waals surface area contributed by atoms with Gasteiger partial charge in [0.2, 0.25) is 0 Å². The normalized spacial score (nSPS) is 24.0. The van der Waals surface area contributed by atoms with Crippen LogP contribution in [0.15, 0.2) is 0 Å². The molecular formula is C19H39NO. The predicted molar refractivity (Wildman–Crippen MR) is 92.8 cm³/mol. The molecule has 126 valence electrons. The minimum absolute atomic E-state index is 0.400. The average Bonchev–Trinajstić information content (AvgIpc) is 2.49. The molecule has 0 aliphatic heterocycles. The zero-order valence-corrected chi connectivity index (χ0v) is 15.0. The first-order valence-corrected chi connectivity index (χ1v) is 9.60. The molecule has 1 aliphatic rings. The van der Waals surface area contributed by atoms with E-state index in [-0.39, 0.29) is 0 Å². The Labute approximate surface area is 133 Å². The summed E-state index contributed by atoms with van der Waals surface area (Å²) in [6, 6.07) is 0.682. The van der Waals surface area contributed by atoms with Gasteiger partial charge in [-0.25, -0.2) is 0 Å². The van der Waals surface area contributed by atoms with E-state index in [4.69, 9.17) is 4.74 Å². The Balaban J connectivity index is 2.22. The molecule has 2 atom stereocenters. The Kier molecular flexibility index (Phi) is 9.59. The van der Waals surface area contributed by atoms with Gasteiger partial charge in [0, 0.05) is 18.1 Å². The van der Waals surface area contributed by atoms with E-state index >= 15 is 0 Å². The number of rotatable bonds is 13. The van der Waals surface area contributed by atoms with Crippen LogP contribution >= 0.6 is 0 Å². The Morgan fingerprint density at radius 3 is 2.19 bits per heavy atom. The van der Waals surface area contributed by atoms with Crippen molar-refractivity contribution in [1.29, 1.82) is 0 Å². The summed E-state index contributed by atoms with van der Waals surface area (Å²) < 4.78 is 6.25. The fourth-order valence-electron chi connectivity index (χ4n) is 3.89. The monoisotopic (exact) mass is 297 g/mol. The molecule has 0 heterocycles. The first-order valence-electron chi connectivity index (χ1n) is 9.60. The lowest BCUT2D eigenvalue weighted by Gasteiger charge is -2.55. The largest absolute Gasteiger partial charge is 0.378 e. The quantitative estimate of drug-likeness (QED) is 0.465. The van der Waals surface area contributed by atoms with Crippen LogP contribution < -0.4 is 5.32 Å². The molecule has 1 N–H and O–H groups in total. The summed E-state index contributed by atoms with van der Waals surface area (Å²) in [5, 5.41) is 3.74. The predicted octanol–water partition coefficient (Wildman–Crippen LogP) is 5.31. The summed E-state index contributed by atoms with van der Waals surface area (Å²) in [5.41, 5.74) is 0.400. The van der Waals surface area contributed by atoms with Crippen LogP contribution in [-0.2, 0) is 4.74 Å². The third kappa shape index (κ3) is 5.25. The summed E-state index contributed by atoms with van der Waals surface area (Å²) in [7, 11) is 0. The Morgan fingerprint density at radius 2 is 1.57 bits per heavy atom. The summed E-state index contributed by atoms with van der Waals surface area (Å²) in [6.45, 7) is 11.3. The SMILES string of the molecule is CCCCCCCCOC1CC(NCCC)C1(CC)CC. The second-order valence-electron chi connectivity index (χ2n) is 6.81. The minimum atomic E-state index is 0.400. The summed E-state index contributed by atoms with van der Waals surface area (Å²) >= 11 is 0. The van der Waals surface area contributed by atoms with Gasteiger partial charge in [-0.2, -0.15) is 0 Å². The van der Waals surface area contributed by atoms with E-state index in [9.17, 15) is 0 Å². The van der Waals surface area contributed by atoms with Gasteiger partial charge in [-0.15, -0.1) is 0 Å². The molecule has 0 aromatic heterocycles. The van der Waals surface area contributed by atoms with Crippen molar-refractivity contribution in [3.63, 3.8) is 0 Å². The highest BCUT2D eigenvalue weighted by atomic mass is 16.5. The van der Waals surface area contributed by atoms with Crippen molar-refractivity contribution in [2.75, 3.05) is 13.2 Å². The van der Waals surface area contributed by atoms with Crippen molar-refractivity contribution in [1.82, 2.24) is 5.32 Å². The van der Waals surface area contributed by atoms with Gasteiger partial charge in [0.25, 0.3) is 0 Å². The molecule has 2 unspecified atom stereocenters. The van der Waals surface area contributed by atoms with Gasteiger partial charge in [0.1, 0.15) is 0 Å². The van der Waals surface area contributed by atoms with Crippen molar-refractivity contribution < 1.29 is 4.74 Å². The lowest BCUT2D eigenvalue weighted by Crippen LogP contribution is -2.63. The molecule has 0 aromatic rings. The van der Waals surface area contributed by atoms with Gasteiger partial charge < -0.3 is 10.1 Å². The van der Waals surface area contributed by atoms with Gasteiger partial charge in [-0.3, -0.25) is 0 Å². The fourth-order valence-corrected chi connectivity index (χ4v) is 3.89. The Hall–Kier alpha value is -0.0800. The lowest BCUT2D eigenvalue weighted by atomic mass is 9.58. The first kappa shape index (κ1) is 19.0. The van der Waals surface area contributed by atoms with Gasteiger partial charge in [-0.05, 0) is 38.6 Å². The maximum atomic E-state index is 6.25. The van der Waals surface area contributed by atoms with Crippen LogP contribution in [0.3, 0.4) is 0 Å². The maximum absolute atomic E-state index is 6.25. The second-order valence-corrected chi connectivity index (χ2v) is 6.81. The van der Waals surface area contributed by atoms with Crippen LogP contribution in [-0.4, -0.2) is 25.3 Å². The summed E-state index contributed by atoms with van der Waals surface area (Å²) in [5.74, 6) is 0. The van der Waals surface area contributed by atoms with Crippen LogP contribution in [0.5, 0.6) is 0 Å². The smallest absolute Gasteiger partial charge is 0.0661 e. The van der Waals surface area contributed by atoms with E-state index < -0.39 is 0 Å². The van der Waals surface area contributed by atoms with E-state index in [2.05, 4.69) is 33.0 Å². The zero-order valence-electron chi connectivity index (χ0n) is 15.0. The Morgan fingerprint density at radius 1 is 0.905 bits per heavy atom. The number of unbranched alkanes of at least 4 members (excludes halogenated alkanes) is 5. The summed E-state index contributed by atoms with van der Waals surface area (Å²) in [6.07, 6.45) is 13.5. The van der Waals surface area contributed by atoms with Crippen molar-refractivity contribution in [3.05, 3.63) is 0 Å². The molecule has 0 aromatic carbocycles. The number of hydrogen-bond donors (Lipinski definition) is 1. The van der Waals surface area contributed by atoms with E-state index in [1.165, 1.54) is 64.2 Å². The molecule has 0 radical (unpaired) electrons. The van der Waals surface area contributed by atoms with Crippen LogP contribution in [0, 0.1) is 5.41 Å².